The second kappa shape index (κ2) is 7.40. The Morgan fingerprint density at radius 2 is 1.96 bits per heavy atom. The topological polar surface area (TPSA) is 54.0 Å². The van der Waals surface area contributed by atoms with Crippen LogP contribution >= 0.6 is 0 Å². The molecule has 0 spiro atoms. The molecule has 2 fully saturated rings. The highest BCUT2D eigenvalue weighted by Crippen LogP contribution is 2.21. The molecule has 0 saturated carbocycles. The number of hydrogen-bond donors (Lipinski definition) is 1. The summed E-state index contributed by atoms with van der Waals surface area (Å²) in [6, 6.07) is 8.57. The number of fused-ring (bicyclic) bond motifs is 2. The number of urea groups is 1. The summed E-state index contributed by atoms with van der Waals surface area (Å²) in [6.45, 7) is 7.17. The van der Waals surface area contributed by atoms with Gasteiger partial charge in [0.15, 0.2) is 0 Å². The van der Waals surface area contributed by atoms with Gasteiger partial charge < -0.3 is 24.6 Å². The van der Waals surface area contributed by atoms with Gasteiger partial charge in [0, 0.05) is 25.3 Å². The minimum atomic E-state index is -0.0304. The number of carbonyl (C=O) groups is 1. The van der Waals surface area contributed by atoms with Crippen molar-refractivity contribution in [3.8, 4) is 0 Å². The molecular formula is C18H27N3O3. The first kappa shape index (κ1) is 17.0. The molecule has 2 bridgehead atoms. The van der Waals surface area contributed by atoms with E-state index in [2.05, 4.69) is 43.2 Å². The first-order valence-corrected chi connectivity index (χ1v) is 8.61. The lowest BCUT2D eigenvalue weighted by molar-refractivity contribution is -0.171. The normalized spacial score (nSPS) is 23.2. The van der Waals surface area contributed by atoms with E-state index in [-0.39, 0.29) is 18.2 Å². The maximum Gasteiger partial charge on any atom is 0.317 e. The Morgan fingerprint density at radius 3 is 2.62 bits per heavy atom. The minimum Gasteiger partial charge on any atom is -0.376 e. The highest BCUT2D eigenvalue weighted by atomic mass is 16.6. The van der Waals surface area contributed by atoms with Gasteiger partial charge in [0.2, 0.25) is 0 Å². The molecule has 2 unspecified atom stereocenters. The SMILES string of the molecule is CC(C)N(C)c1ccccc1CNC(=O)N1CC2COCC(C1)O2. The third-order valence-corrected chi connectivity index (χ3v) is 4.70. The van der Waals surface area contributed by atoms with Gasteiger partial charge in [-0.3, -0.25) is 0 Å². The van der Waals surface area contributed by atoms with Crippen molar-refractivity contribution >= 4 is 11.7 Å². The molecule has 2 saturated heterocycles. The fourth-order valence-electron chi connectivity index (χ4n) is 3.17. The van der Waals surface area contributed by atoms with Crippen LogP contribution in [-0.4, -0.2) is 62.5 Å². The molecule has 3 rings (SSSR count). The maximum absolute atomic E-state index is 12.5. The van der Waals surface area contributed by atoms with Crippen molar-refractivity contribution < 1.29 is 14.3 Å². The fourth-order valence-corrected chi connectivity index (χ4v) is 3.17. The molecule has 24 heavy (non-hydrogen) atoms. The number of para-hydroxylation sites is 1. The number of carbonyl (C=O) groups excluding carboxylic acids is 1. The predicted molar refractivity (Wildman–Crippen MR) is 93.3 cm³/mol. The molecule has 6 heteroatoms. The molecule has 0 aliphatic carbocycles. The highest BCUT2D eigenvalue weighted by Gasteiger charge is 2.34. The second-order valence-corrected chi connectivity index (χ2v) is 6.81. The van der Waals surface area contributed by atoms with E-state index in [0.717, 1.165) is 11.3 Å². The van der Waals surface area contributed by atoms with Crippen LogP contribution in [0.15, 0.2) is 24.3 Å². The van der Waals surface area contributed by atoms with Gasteiger partial charge in [-0.25, -0.2) is 4.79 Å². The van der Waals surface area contributed by atoms with Crippen molar-refractivity contribution in [3.63, 3.8) is 0 Å². The third-order valence-electron chi connectivity index (χ3n) is 4.70. The van der Waals surface area contributed by atoms with Crippen LogP contribution in [0, 0.1) is 0 Å². The number of morpholine rings is 1. The van der Waals surface area contributed by atoms with Gasteiger partial charge in [0.05, 0.1) is 38.5 Å². The lowest BCUT2D eigenvalue weighted by Gasteiger charge is -2.41. The summed E-state index contributed by atoms with van der Waals surface area (Å²) in [7, 11) is 2.08. The lowest BCUT2D eigenvalue weighted by Crippen LogP contribution is -2.57. The number of nitrogens with zero attached hydrogens (tertiary/aromatic N) is 2. The zero-order valence-electron chi connectivity index (χ0n) is 14.7. The van der Waals surface area contributed by atoms with Crippen LogP contribution in [0.4, 0.5) is 10.5 Å². The number of ether oxygens (including phenoxy) is 2. The fraction of sp³-hybridized carbons (Fsp3) is 0.611. The lowest BCUT2D eigenvalue weighted by atomic mass is 10.1. The van der Waals surface area contributed by atoms with E-state index in [9.17, 15) is 4.79 Å². The average Bonchev–Trinajstić information content (AvgIpc) is 2.58. The third kappa shape index (κ3) is 3.82. The summed E-state index contributed by atoms with van der Waals surface area (Å²) in [5.74, 6) is 0. The van der Waals surface area contributed by atoms with Gasteiger partial charge in [-0.15, -0.1) is 0 Å². The van der Waals surface area contributed by atoms with Crippen molar-refractivity contribution in [2.45, 2.75) is 38.6 Å². The van der Waals surface area contributed by atoms with Crippen LogP contribution < -0.4 is 10.2 Å². The number of rotatable bonds is 4. The summed E-state index contributed by atoms with van der Waals surface area (Å²) < 4.78 is 11.3. The maximum atomic E-state index is 12.5. The molecule has 1 aromatic carbocycles. The monoisotopic (exact) mass is 333 g/mol. The molecule has 2 atom stereocenters. The number of anilines is 1. The number of hydrogen-bond acceptors (Lipinski definition) is 4. The van der Waals surface area contributed by atoms with Gasteiger partial charge in [-0.05, 0) is 25.5 Å². The zero-order valence-corrected chi connectivity index (χ0v) is 14.7. The molecule has 2 aliphatic rings. The Hall–Kier alpha value is -1.79. The zero-order chi connectivity index (χ0) is 17.1. The molecule has 1 N–H and O–H groups in total. The van der Waals surface area contributed by atoms with Crippen LogP contribution in [-0.2, 0) is 16.0 Å². The summed E-state index contributed by atoms with van der Waals surface area (Å²) in [4.78, 5) is 16.6. The van der Waals surface area contributed by atoms with E-state index >= 15 is 0 Å². The summed E-state index contributed by atoms with van der Waals surface area (Å²) >= 11 is 0. The van der Waals surface area contributed by atoms with Crippen molar-refractivity contribution in [3.05, 3.63) is 29.8 Å². The minimum absolute atomic E-state index is 0.00242. The molecule has 2 amide bonds. The molecule has 2 heterocycles. The number of nitrogens with one attached hydrogen (secondary N) is 1. The summed E-state index contributed by atoms with van der Waals surface area (Å²) in [5, 5.41) is 3.06. The van der Waals surface area contributed by atoms with Crippen LogP contribution in [0.1, 0.15) is 19.4 Å². The molecule has 6 nitrogen and oxygen atoms in total. The van der Waals surface area contributed by atoms with Crippen molar-refractivity contribution in [2.24, 2.45) is 0 Å². The molecule has 0 aromatic heterocycles. The van der Waals surface area contributed by atoms with Gasteiger partial charge in [0.25, 0.3) is 0 Å². The Bertz CT molecular complexity index is 566. The predicted octanol–water partition coefficient (Wildman–Crippen LogP) is 1.84. The molecule has 2 aliphatic heterocycles. The van der Waals surface area contributed by atoms with E-state index in [1.807, 2.05) is 17.0 Å². The largest absolute Gasteiger partial charge is 0.376 e. The van der Waals surface area contributed by atoms with Crippen LogP contribution in [0.2, 0.25) is 0 Å². The molecular weight excluding hydrogens is 306 g/mol. The standard InChI is InChI=1S/C18H27N3O3/c1-13(2)20(3)17-7-5-4-6-14(17)8-19-18(22)21-9-15-11-23-12-16(10-21)24-15/h4-7,13,15-16H,8-12H2,1-3H3,(H,19,22). The number of benzene rings is 1. The van der Waals surface area contributed by atoms with E-state index in [1.165, 1.54) is 0 Å². The quantitative estimate of drug-likeness (QED) is 0.913. The first-order chi connectivity index (χ1) is 11.5. The average molecular weight is 333 g/mol. The summed E-state index contributed by atoms with van der Waals surface area (Å²) in [5.41, 5.74) is 2.28. The van der Waals surface area contributed by atoms with E-state index in [0.29, 0.717) is 38.9 Å². The van der Waals surface area contributed by atoms with Crippen LogP contribution in [0.5, 0.6) is 0 Å². The molecule has 132 valence electrons. The van der Waals surface area contributed by atoms with Crippen LogP contribution in [0.3, 0.4) is 0 Å². The smallest absolute Gasteiger partial charge is 0.317 e. The van der Waals surface area contributed by atoms with Gasteiger partial charge in [-0.2, -0.15) is 0 Å². The van der Waals surface area contributed by atoms with Crippen molar-refractivity contribution in [1.82, 2.24) is 10.2 Å². The van der Waals surface area contributed by atoms with Crippen LogP contribution in [0.25, 0.3) is 0 Å². The molecule has 1 aromatic rings. The van der Waals surface area contributed by atoms with E-state index in [4.69, 9.17) is 9.47 Å². The van der Waals surface area contributed by atoms with Gasteiger partial charge in [-0.1, -0.05) is 18.2 Å². The van der Waals surface area contributed by atoms with Gasteiger partial charge in [0.1, 0.15) is 0 Å². The van der Waals surface area contributed by atoms with E-state index in [1.54, 1.807) is 0 Å². The molecule has 0 radical (unpaired) electrons. The van der Waals surface area contributed by atoms with Crippen molar-refractivity contribution in [2.75, 3.05) is 38.3 Å². The number of amides is 2. The summed E-state index contributed by atoms with van der Waals surface area (Å²) in [6.07, 6.45) is 0.00483. The second-order valence-electron chi connectivity index (χ2n) is 6.81. The first-order valence-electron chi connectivity index (χ1n) is 8.61. The van der Waals surface area contributed by atoms with Gasteiger partial charge >= 0.3 is 6.03 Å². The Labute approximate surface area is 143 Å². The van der Waals surface area contributed by atoms with E-state index < -0.39 is 0 Å². The Kier molecular flexibility index (Phi) is 5.26. The Balaban J connectivity index is 1.60. The van der Waals surface area contributed by atoms with Crippen molar-refractivity contribution in [1.29, 1.82) is 0 Å². The Morgan fingerprint density at radius 1 is 1.29 bits per heavy atom. The highest BCUT2D eigenvalue weighted by molar-refractivity contribution is 5.74.